The number of hydrogen-bond acceptors (Lipinski definition) is 1. The maximum atomic E-state index is 10.6. The summed E-state index contributed by atoms with van der Waals surface area (Å²) in [7, 11) is 0. The van der Waals surface area contributed by atoms with Crippen LogP contribution < -0.4 is 0 Å². The average molecular weight is 311 g/mol. The van der Waals surface area contributed by atoms with Crippen LogP contribution in [0.2, 0.25) is 0 Å². The van der Waals surface area contributed by atoms with Crippen molar-refractivity contribution in [2.75, 3.05) is 0 Å². The Morgan fingerprint density at radius 1 is 0.727 bits per heavy atom. The van der Waals surface area contributed by atoms with E-state index in [-0.39, 0.29) is 0 Å². The van der Waals surface area contributed by atoms with Gasteiger partial charge < -0.3 is 5.11 Å². The van der Waals surface area contributed by atoms with Gasteiger partial charge in [0.1, 0.15) is 0 Å². The van der Waals surface area contributed by atoms with Crippen LogP contribution in [0.3, 0.4) is 0 Å². The topological polar surface area (TPSA) is 37.3 Å². The van der Waals surface area contributed by atoms with Gasteiger partial charge in [0.15, 0.2) is 0 Å². The first-order chi connectivity index (χ1) is 10.7. The molecule has 0 aliphatic carbocycles. The smallest absolute Gasteiger partial charge is 0.330 e. The normalized spacial score (nSPS) is 11.8. The van der Waals surface area contributed by atoms with Crippen molar-refractivity contribution < 1.29 is 9.90 Å². The zero-order chi connectivity index (χ0) is 16.5. The fourth-order valence-corrected chi connectivity index (χ4v) is 2.74. The number of carboxylic acid groups (broad SMARTS) is 1. The van der Waals surface area contributed by atoms with Crippen LogP contribution in [0.15, 0.2) is 11.6 Å². The molecule has 0 radical (unpaired) electrons. The first-order valence-electron chi connectivity index (χ1n) is 9.58. The highest BCUT2D eigenvalue weighted by atomic mass is 16.4. The largest absolute Gasteiger partial charge is 0.478 e. The molecule has 0 aromatic heterocycles. The summed E-state index contributed by atoms with van der Waals surface area (Å²) in [4.78, 5) is 10.6. The Morgan fingerprint density at radius 2 is 1.09 bits per heavy atom. The second-order valence-corrected chi connectivity index (χ2v) is 6.58. The van der Waals surface area contributed by atoms with E-state index < -0.39 is 5.97 Å². The molecule has 22 heavy (non-hydrogen) atoms. The van der Waals surface area contributed by atoms with Crippen molar-refractivity contribution in [3.63, 3.8) is 0 Å². The van der Waals surface area contributed by atoms with Gasteiger partial charge in [0, 0.05) is 5.57 Å². The van der Waals surface area contributed by atoms with E-state index >= 15 is 0 Å². The molecule has 0 bridgehead atoms. The zero-order valence-electron chi connectivity index (χ0n) is 15.0. The lowest BCUT2D eigenvalue weighted by molar-refractivity contribution is -0.132. The lowest BCUT2D eigenvalue weighted by Crippen LogP contribution is -1.95. The Balaban J connectivity index is 3.12. The summed E-state index contributed by atoms with van der Waals surface area (Å²) in [6.07, 6.45) is 21.9. The summed E-state index contributed by atoms with van der Waals surface area (Å²) in [5, 5.41) is 8.73. The summed E-state index contributed by atoms with van der Waals surface area (Å²) >= 11 is 0. The molecule has 130 valence electrons. The van der Waals surface area contributed by atoms with Crippen LogP contribution in [0.1, 0.15) is 110 Å². The zero-order valence-corrected chi connectivity index (χ0v) is 15.0. The number of hydrogen-bond donors (Lipinski definition) is 1. The van der Waals surface area contributed by atoms with Crippen LogP contribution in [0.25, 0.3) is 0 Å². The molecule has 0 aromatic carbocycles. The maximum absolute atomic E-state index is 10.6. The second-order valence-electron chi connectivity index (χ2n) is 6.58. The Bertz CT molecular complexity index is 281. The van der Waals surface area contributed by atoms with Crippen LogP contribution in [0.5, 0.6) is 0 Å². The van der Waals surface area contributed by atoms with Crippen LogP contribution in [0, 0.1) is 0 Å². The summed E-state index contributed by atoms with van der Waals surface area (Å²) in [6.45, 7) is 3.94. The SMILES string of the molecule is CCCCCCCCCCCCCCCC/C=C(\C)C(=O)O. The molecule has 0 fully saturated rings. The number of unbranched alkanes of at least 4 members (excludes halogenated alkanes) is 14. The highest BCUT2D eigenvalue weighted by Crippen LogP contribution is 2.13. The summed E-state index contributed by atoms with van der Waals surface area (Å²) < 4.78 is 0. The second kappa shape index (κ2) is 16.6. The van der Waals surface area contributed by atoms with Gasteiger partial charge in [-0.05, 0) is 19.8 Å². The van der Waals surface area contributed by atoms with E-state index in [1.54, 1.807) is 6.92 Å². The molecule has 0 rings (SSSR count). The molecule has 2 nitrogen and oxygen atoms in total. The molecule has 0 heterocycles. The quantitative estimate of drug-likeness (QED) is 0.249. The van der Waals surface area contributed by atoms with E-state index in [9.17, 15) is 4.79 Å². The molecule has 0 atom stereocenters. The molecule has 0 aliphatic rings. The Morgan fingerprint density at radius 3 is 1.45 bits per heavy atom. The van der Waals surface area contributed by atoms with Crippen LogP contribution >= 0.6 is 0 Å². The molecule has 0 amide bonds. The first kappa shape index (κ1) is 21.2. The van der Waals surface area contributed by atoms with Gasteiger partial charge >= 0.3 is 5.97 Å². The highest BCUT2D eigenvalue weighted by Gasteiger charge is 1.98. The Hall–Kier alpha value is -0.790. The van der Waals surface area contributed by atoms with Gasteiger partial charge in [0.25, 0.3) is 0 Å². The molecule has 0 spiro atoms. The minimum Gasteiger partial charge on any atom is -0.478 e. The van der Waals surface area contributed by atoms with Crippen molar-refractivity contribution in [3.8, 4) is 0 Å². The third kappa shape index (κ3) is 15.6. The van der Waals surface area contributed by atoms with Crippen LogP contribution in [-0.2, 0) is 4.79 Å². The van der Waals surface area contributed by atoms with Crippen molar-refractivity contribution >= 4 is 5.97 Å². The number of carbonyl (C=O) groups is 1. The Kier molecular flexibility index (Phi) is 16.0. The van der Waals surface area contributed by atoms with E-state index in [0.717, 1.165) is 12.8 Å². The van der Waals surface area contributed by atoms with Gasteiger partial charge in [-0.15, -0.1) is 0 Å². The summed E-state index contributed by atoms with van der Waals surface area (Å²) in [6, 6.07) is 0. The van der Waals surface area contributed by atoms with Gasteiger partial charge in [-0.1, -0.05) is 96.5 Å². The van der Waals surface area contributed by atoms with Crippen molar-refractivity contribution in [1.82, 2.24) is 0 Å². The van der Waals surface area contributed by atoms with Gasteiger partial charge in [0.05, 0.1) is 0 Å². The van der Waals surface area contributed by atoms with E-state index in [1.165, 1.54) is 83.5 Å². The van der Waals surface area contributed by atoms with E-state index in [4.69, 9.17) is 5.11 Å². The van der Waals surface area contributed by atoms with E-state index in [0.29, 0.717) is 5.57 Å². The predicted octanol–water partition coefficient (Wildman–Crippen LogP) is 6.89. The number of rotatable bonds is 16. The van der Waals surface area contributed by atoms with Gasteiger partial charge in [0.2, 0.25) is 0 Å². The fourth-order valence-electron chi connectivity index (χ4n) is 2.74. The summed E-state index contributed by atoms with van der Waals surface area (Å²) in [5.41, 5.74) is 0.481. The maximum Gasteiger partial charge on any atom is 0.330 e. The van der Waals surface area contributed by atoms with Gasteiger partial charge in [-0.3, -0.25) is 0 Å². The van der Waals surface area contributed by atoms with Crippen LogP contribution in [0.4, 0.5) is 0 Å². The molecule has 0 aliphatic heterocycles. The number of allylic oxidation sites excluding steroid dienone is 1. The number of aliphatic carboxylic acids is 1. The Labute approximate surface area is 138 Å². The number of carboxylic acids is 1. The average Bonchev–Trinajstić information content (AvgIpc) is 2.50. The predicted molar refractivity (Wildman–Crippen MR) is 96.3 cm³/mol. The third-order valence-electron chi connectivity index (χ3n) is 4.35. The van der Waals surface area contributed by atoms with E-state index in [1.807, 2.05) is 6.08 Å². The molecule has 0 saturated carbocycles. The molecule has 1 N–H and O–H groups in total. The monoisotopic (exact) mass is 310 g/mol. The molecule has 0 aromatic rings. The molecular weight excluding hydrogens is 272 g/mol. The van der Waals surface area contributed by atoms with Gasteiger partial charge in [-0.2, -0.15) is 0 Å². The third-order valence-corrected chi connectivity index (χ3v) is 4.35. The highest BCUT2D eigenvalue weighted by molar-refractivity contribution is 5.85. The minimum absolute atomic E-state index is 0.481. The molecule has 2 heteroatoms. The lowest BCUT2D eigenvalue weighted by atomic mass is 10.0. The van der Waals surface area contributed by atoms with Crippen molar-refractivity contribution in [1.29, 1.82) is 0 Å². The molecular formula is C20H38O2. The fraction of sp³-hybridized carbons (Fsp3) is 0.850. The van der Waals surface area contributed by atoms with E-state index in [2.05, 4.69) is 6.92 Å². The lowest BCUT2D eigenvalue weighted by Gasteiger charge is -2.03. The van der Waals surface area contributed by atoms with Crippen molar-refractivity contribution in [2.24, 2.45) is 0 Å². The minimum atomic E-state index is -0.787. The van der Waals surface area contributed by atoms with Crippen molar-refractivity contribution in [2.45, 2.75) is 110 Å². The standard InChI is InChI=1S/C20H38O2/c1-3-4-5-6-7-8-9-10-11-12-13-14-15-16-17-18-19(2)20(21)22/h18H,3-17H2,1-2H3,(H,21,22)/b19-18+. The van der Waals surface area contributed by atoms with Crippen molar-refractivity contribution in [3.05, 3.63) is 11.6 Å². The van der Waals surface area contributed by atoms with Gasteiger partial charge in [-0.25, -0.2) is 4.79 Å². The molecule has 0 saturated heterocycles. The summed E-state index contributed by atoms with van der Waals surface area (Å²) in [5.74, 6) is -0.787. The van der Waals surface area contributed by atoms with Crippen LogP contribution in [-0.4, -0.2) is 11.1 Å². The first-order valence-corrected chi connectivity index (χ1v) is 9.58. The molecule has 0 unspecified atom stereocenters.